The lowest BCUT2D eigenvalue weighted by molar-refractivity contribution is -0.126. The van der Waals surface area contributed by atoms with E-state index < -0.39 is 0 Å². The van der Waals surface area contributed by atoms with Gasteiger partial charge in [0.1, 0.15) is 17.7 Å². The number of aromatic nitrogens is 2. The highest BCUT2D eigenvalue weighted by atomic mass is 16.2. The first kappa shape index (κ1) is 23.5. The van der Waals surface area contributed by atoms with Crippen LogP contribution >= 0.6 is 0 Å². The van der Waals surface area contributed by atoms with Crippen molar-refractivity contribution >= 4 is 29.1 Å². The van der Waals surface area contributed by atoms with Crippen LogP contribution in [0.2, 0.25) is 0 Å². The smallest absolute Gasteiger partial charge is 0.255 e. The number of anilines is 3. The van der Waals surface area contributed by atoms with Crippen molar-refractivity contribution in [1.82, 2.24) is 20.6 Å². The molecule has 9 heteroatoms. The summed E-state index contributed by atoms with van der Waals surface area (Å²) in [5.74, 6) is 1.14. The van der Waals surface area contributed by atoms with Gasteiger partial charge >= 0.3 is 0 Å². The van der Waals surface area contributed by atoms with Gasteiger partial charge in [-0.3, -0.25) is 9.59 Å². The zero-order chi connectivity index (χ0) is 24.1. The zero-order valence-corrected chi connectivity index (χ0v) is 19.6. The minimum absolute atomic E-state index is 0.0463. The van der Waals surface area contributed by atoms with Crippen LogP contribution < -0.4 is 21.3 Å². The molecule has 2 aromatic heterocycles. The Balaban J connectivity index is 1.39. The molecular weight excluding hydrogens is 430 g/mol. The summed E-state index contributed by atoms with van der Waals surface area (Å²) in [7, 11) is 0. The van der Waals surface area contributed by atoms with E-state index in [1.807, 2.05) is 19.9 Å². The van der Waals surface area contributed by atoms with Crippen molar-refractivity contribution in [3.05, 3.63) is 41.7 Å². The average Bonchev–Trinajstić information content (AvgIpc) is 3.64. The number of carbonyl (C=O) groups excluding carboxylic acids is 2. The van der Waals surface area contributed by atoms with Gasteiger partial charge in [-0.25, -0.2) is 9.97 Å². The van der Waals surface area contributed by atoms with Crippen molar-refractivity contribution in [3.8, 4) is 6.07 Å². The van der Waals surface area contributed by atoms with Gasteiger partial charge < -0.3 is 21.3 Å². The number of nitrogens with one attached hydrogen (secondary N) is 4. The molecule has 0 bridgehead atoms. The molecule has 9 nitrogen and oxygen atoms in total. The summed E-state index contributed by atoms with van der Waals surface area (Å²) in [6.07, 6.45) is 8.39. The van der Waals surface area contributed by atoms with Gasteiger partial charge in [-0.1, -0.05) is 0 Å². The van der Waals surface area contributed by atoms with Crippen LogP contribution in [0.25, 0.3) is 0 Å². The Labute approximate surface area is 199 Å². The van der Waals surface area contributed by atoms with Crippen LogP contribution in [-0.2, 0) is 4.79 Å². The summed E-state index contributed by atoms with van der Waals surface area (Å²) in [5, 5.41) is 21.6. The van der Waals surface area contributed by atoms with Gasteiger partial charge in [0.25, 0.3) is 5.91 Å². The SMILES string of the molecule is CC(C)Nc1cc(Nc2ccc(C#N)cn2)ncc1C(=O)NC1CCC(C(=O)NC2CC2)CC1. The summed E-state index contributed by atoms with van der Waals surface area (Å²) in [5.41, 5.74) is 1.63. The maximum absolute atomic E-state index is 13.1. The van der Waals surface area contributed by atoms with Crippen LogP contribution in [0.4, 0.5) is 17.3 Å². The molecular formula is C25H31N7O2. The van der Waals surface area contributed by atoms with Crippen molar-refractivity contribution in [3.63, 3.8) is 0 Å². The first-order valence-electron chi connectivity index (χ1n) is 11.9. The quantitative estimate of drug-likeness (QED) is 0.473. The van der Waals surface area contributed by atoms with E-state index in [0.717, 1.165) is 38.5 Å². The van der Waals surface area contributed by atoms with Crippen molar-refractivity contribution in [2.45, 2.75) is 70.5 Å². The van der Waals surface area contributed by atoms with Crippen LogP contribution in [0.5, 0.6) is 0 Å². The lowest BCUT2D eigenvalue weighted by Gasteiger charge is -2.28. The van der Waals surface area contributed by atoms with Crippen molar-refractivity contribution in [1.29, 1.82) is 5.26 Å². The molecule has 0 saturated heterocycles. The fraction of sp³-hybridized carbons (Fsp3) is 0.480. The second kappa shape index (κ2) is 10.5. The normalized spacial score (nSPS) is 19.7. The Morgan fingerprint density at radius 3 is 2.26 bits per heavy atom. The predicted molar refractivity (Wildman–Crippen MR) is 130 cm³/mol. The first-order chi connectivity index (χ1) is 16.4. The van der Waals surface area contributed by atoms with E-state index in [1.54, 1.807) is 24.4 Å². The highest BCUT2D eigenvalue weighted by Gasteiger charge is 2.31. The molecule has 0 aromatic carbocycles. The highest BCUT2D eigenvalue weighted by Crippen LogP contribution is 2.28. The number of pyridine rings is 2. The van der Waals surface area contributed by atoms with Gasteiger partial charge in [-0.05, 0) is 64.5 Å². The molecule has 2 aliphatic carbocycles. The Morgan fingerprint density at radius 2 is 1.65 bits per heavy atom. The van der Waals surface area contributed by atoms with E-state index in [-0.39, 0.29) is 29.8 Å². The van der Waals surface area contributed by atoms with Crippen LogP contribution in [-0.4, -0.2) is 39.9 Å². The molecule has 178 valence electrons. The number of hydrogen-bond donors (Lipinski definition) is 4. The van der Waals surface area contributed by atoms with Gasteiger partial charge in [-0.2, -0.15) is 5.26 Å². The maximum atomic E-state index is 13.1. The first-order valence-corrected chi connectivity index (χ1v) is 11.9. The Bertz CT molecular complexity index is 1070. The van der Waals surface area contributed by atoms with E-state index in [0.29, 0.717) is 34.5 Å². The lowest BCUT2D eigenvalue weighted by Crippen LogP contribution is -2.41. The van der Waals surface area contributed by atoms with E-state index in [9.17, 15) is 9.59 Å². The molecule has 0 aliphatic heterocycles. The van der Waals surface area contributed by atoms with Crippen LogP contribution in [0, 0.1) is 17.2 Å². The average molecular weight is 462 g/mol. The summed E-state index contributed by atoms with van der Waals surface area (Å²) in [4.78, 5) is 34.0. The van der Waals surface area contributed by atoms with Gasteiger partial charge in [0.15, 0.2) is 0 Å². The van der Waals surface area contributed by atoms with Crippen molar-refractivity contribution < 1.29 is 9.59 Å². The molecule has 2 aliphatic rings. The van der Waals surface area contributed by atoms with E-state index in [2.05, 4.69) is 31.2 Å². The molecule has 4 rings (SSSR count). The monoisotopic (exact) mass is 461 g/mol. The Morgan fingerprint density at radius 1 is 0.971 bits per heavy atom. The number of amides is 2. The minimum atomic E-state index is -0.176. The summed E-state index contributed by atoms with van der Waals surface area (Å²) in [6.45, 7) is 4.01. The van der Waals surface area contributed by atoms with Crippen LogP contribution in [0.3, 0.4) is 0 Å². The van der Waals surface area contributed by atoms with Gasteiger partial charge in [0.05, 0.1) is 16.8 Å². The lowest BCUT2D eigenvalue weighted by atomic mass is 9.85. The molecule has 2 saturated carbocycles. The molecule has 34 heavy (non-hydrogen) atoms. The largest absolute Gasteiger partial charge is 0.382 e. The second-order valence-electron chi connectivity index (χ2n) is 9.39. The summed E-state index contributed by atoms with van der Waals surface area (Å²) in [6, 6.07) is 7.76. The van der Waals surface area contributed by atoms with Gasteiger partial charge in [-0.15, -0.1) is 0 Å². The molecule has 0 unspecified atom stereocenters. The summed E-state index contributed by atoms with van der Waals surface area (Å²) >= 11 is 0. The second-order valence-corrected chi connectivity index (χ2v) is 9.39. The van der Waals surface area contributed by atoms with E-state index in [1.165, 1.54) is 6.20 Å². The van der Waals surface area contributed by atoms with E-state index >= 15 is 0 Å². The minimum Gasteiger partial charge on any atom is -0.382 e. The number of rotatable bonds is 8. The number of carbonyl (C=O) groups is 2. The molecule has 2 amide bonds. The van der Waals surface area contributed by atoms with Gasteiger partial charge in [0.2, 0.25) is 5.91 Å². The predicted octanol–water partition coefficient (Wildman–Crippen LogP) is 3.48. The number of nitrogens with zero attached hydrogens (tertiary/aromatic N) is 3. The molecule has 2 heterocycles. The highest BCUT2D eigenvalue weighted by molar-refractivity contribution is 6.00. The van der Waals surface area contributed by atoms with E-state index in [4.69, 9.17) is 5.26 Å². The van der Waals surface area contributed by atoms with Crippen molar-refractivity contribution in [2.75, 3.05) is 10.6 Å². The Hall–Kier alpha value is -3.67. The molecule has 0 spiro atoms. The third kappa shape index (κ3) is 6.22. The molecule has 0 atom stereocenters. The van der Waals surface area contributed by atoms with Gasteiger partial charge in [0, 0.05) is 42.5 Å². The zero-order valence-electron chi connectivity index (χ0n) is 19.6. The fourth-order valence-corrected chi connectivity index (χ4v) is 4.11. The topological polar surface area (TPSA) is 132 Å². The van der Waals surface area contributed by atoms with Crippen LogP contribution in [0.15, 0.2) is 30.6 Å². The molecule has 2 fully saturated rings. The third-order valence-corrected chi connectivity index (χ3v) is 6.10. The molecule has 2 aromatic rings. The number of hydrogen-bond acceptors (Lipinski definition) is 7. The summed E-state index contributed by atoms with van der Waals surface area (Å²) < 4.78 is 0. The molecule has 4 N–H and O–H groups in total. The number of nitriles is 1. The maximum Gasteiger partial charge on any atom is 0.255 e. The third-order valence-electron chi connectivity index (χ3n) is 6.10. The fourth-order valence-electron chi connectivity index (χ4n) is 4.11. The Kier molecular flexibility index (Phi) is 7.26. The molecule has 0 radical (unpaired) electrons. The standard InChI is InChI=1S/C25H31N7O2/c1-15(2)29-21-11-23(32-22-10-3-16(12-26)13-27-22)28-14-20(21)25(34)31-18-6-4-17(5-7-18)24(33)30-19-8-9-19/h3,10-11,13-15,17-19H,4-9H2,1-2H3,(H,30,33)(H,31,34)(H2,27,28,29,32). The van der Waals surface area contributed by atoms with Crippen LogP contribution in [0.1, 0.15) is 68.3 Å². The van der Waals surface area contributed by atoms with Crippen molar-refractivity contribution in [2.24, 2.45) is 5.92 Å².